The first-order chi connectivity index (χ1) is 15.4. The standard InChI is InChI=1S/C25H26FN5O/c1-25(2)13-21(19-15-28-31(23(19)14-25)18-7-5-6-17(26)12-18)29-24(32)10-11-30-16-27-20-8-3-4-9-22(20)30/h3-9,12,15-16,21H,10-11,13-14H2,1-2H3,(H,29,32). The second-order valence-electron chi connectivity index (χ2n) is 9.28. The highest BCUT2D eigenvalue weighted by atomic mass is 19.1. The molecule has 4 aromatic rings. The summed E-state index contributed by atoms with van der Waals surface area (Å²) in [7, 11) is 0. The molecule has 2 aromatic heterocycles. The quantitative estimate of drug-likeness (QED) is 0.503. The molecular weight excluding hydrogens is 405 g/mol. The van der Waals surface area contributed by atoms with E-state index in [2.05, 4.69) is 29.2 Å². The van der Waals surface area contributed by atoms with Crippen LogP contribution >= 0.6 is 0 Å². The molecule has 1 unspecified atom stereocenters. The lowest BCUT2D eigenvalue weighted by atomic mass is 9.74. The number of carbonyl (C=O) groups excluding carboxylic acids is 1. The average molecular weight is 432 g/mol. The summed E-state index contributed by atoms with van der Waals surface area (Å²) in [5, 5.41) is 7.76. The number of hydrogen-bond donors (Lipinski definition) is 1. The van der Waals surface area contributed by atoms with Crippen molar-refractivity contribution in [1.29, 1.82) is 0 Å². The number of rotatable bonds is 5. The largest absolute Gasteiger partial charge is 0.349 e. The van der Waals surface area contributed by atoms with Gasteiger partial charge < -0.3 is 9.88 Å². The van der Waals surface area contributed by atoms with Crippen molar-refractivity contribution in [3.8, 4) is 5.69 Å². The first-order valence-electron chi connectivity index (χ1n) is 10.9. The third-order valence-electron chi connectivity index (χ3n) is 6.17. The number of benzene rings is 2. The van der Waals surface area contributed by atoms with E-state index >= 15 is 0 Å². The normalized spacial score (nSPS) is 17.3. The number of halogens is 1. The van der Waals surface area contributed by atoms with Gasteiger partial charge in [0.15, 0.2) is 0 Å². The van der Waals surface area contributed by atoms with Gasteiger partial charge in [0.1, 0.15) is 5.82 Å². The van der Waals surface area contributed by atoms with Crippen molar-refractivity contribution >= 4 is 16.9 Å². The molecule has 1 atom stereocenters. The predicted octanol–water partition coefficient (Wildman–Crippen LogP) is 4.58. The maximum atomic E-state index is 13.8. The van der Waals surface area contributed by atoms with Gasteiger partial charge in [0.2, 0.25) is 5.91 Å². The molecule has 0 saturated heterocycles. The SMILES string of the molecule is CC1(C)Cc2c(cnn2-c2cccc(F)c2)C(NC(=O)CCn2cnc3ccccc32)C1. The van der Waals surface area contributed by atoms with Crippen molar-refractivity contribution in [3.63, 3.8) is 0 Å². The topological polar surface area (TPSA) is 64.7 Å². The Morgan fingerprint density at radius 3 is 2.91 bits per heavy atom. The molecule has 0 spiro atoms. The first-order valence-corrected chi connectivity index (χ1v) is 10.9. The molecule has 2 heterocycles. The maximum absolute atomic E-state index is 13.8. The summed E-state index contributed by atoms with van der Waals surface area (Å²) < 4.78 is 17.6. The Morgan fingerprint density at radius 1 is 1.22 bits per heavy atom. The molecule has 1 amide bonds. The number of aromatic nitrogens is 4. The summed E-state index contributed by atoms with van der Waals surface area (Å²) in [6.45, 7) is 4.95. The van der Waals surface area contributed by atoms with E-state index in [4.69, 9.17) is 0 Å². The average Bonchev–Trinajstić information content (AvgIpc) is 3.35. The summed E-state index contributed by atoms with van der Waals surface area (Å²) >= 11 is 0. The molecule has 5 rings (SSSR count). The Balaban J connectivity index is 1.35. The van der Waals surface area contributed by atoms with E-state index in [9.17, 15) is 9.18 Å². The maximum Gasteiger partial charge on any atom is 0.222 e. The third-order valence-corrected chi connectivity index (χ3v) is 6.17. The van der Waals surface area contributed by atoms with Crippen molar-refractivity contribution in [2.45, 2.75) is 45.7 Å². The van der Waals surface area contributed by atoms with E-state index in [0.717, 1.165) is 35.1 Å². The summed E-state index contributed by atoms with van der Waals surface area (Å²) in [6.07, 6.45) is 5.60. The molecular formula is C25H26FN5O. The molecule has 1 aliphatic rings. The van der Waals surface area contributed by atoms with Gasteiger partial charge in [0, 0.05) is 18.5 Å². The molecule has 1 N–H and O–H groups in total. The minimum absolute atomic E-state index is 0.00469. The number of aryl methyl sites for hydroxylation is 1. The van der Waals surface area contributed by atoms with Gasteiger partial charge in [-0.1, -0.05) is 32.0 Å². The Kier molecular flexibility index (Phi) is 5.04. The number of imidazole rings is 1. The molecule has 0 radical (unpaired) electrons. The van der Waals surface area contributed by atoms with Crippen LogP contribution in [-0.2, 0) is 17.8 Å². The summed E-state index contributed by atoms with van der Waals surface area (Å²) in [5.74, 6) is -0.298. The van der Waals surface area contributed by atoms with Crippen LogP contribution in [-0.4, -0.2) is 25.2 Å². The first kappa shape index (κ1) is 20.4. The number of amides is 1. The van der Waals surface area contributed by atoms with Crippen LogP contribution in [0.4, 0.5) is 4.39 Å². The van der Waals surface area contributed by atoms with Crippen LogP contribution < -0.4 is 5.32 Å². The zero-order valence-electron chi connectivity index (χ0n) is 18.3. The lowest BCUT2D eigenvalue weighted by Gasteiger charge is -2.36. The molecule has 0 aliphatic heterocycles. The van der Waals surface area contributed by atoms with Crippen molar-refractivity contribution in [2.24, 2.45) is 5.41 Å². The van der Waals surface area contributed by atoms with E-state index < -0.39 is 0 Å². The Morgan fingerprint density at radius 2 is 2.06 bits per heavy atom. The van der Waals surface area contributed by atoms with Crippen molar-refractivity contribution in [2.75, 3.05) is 0 Å². The Hall–Kier alpha value is -3.48. The minimum atomic E-state index is -0.293. The predicted molar refractivity (Wildman–Crippen MR) is 121 cm³/mol. The lowest BCUT2D eigenvalue weighted by Crippen LogP contribution is -2.37. The molecule has 1 aliphatic carbocycles. The number of para-hydroxylation sites is 2. The van der Waals surface area contributed by atoms with Crippen LogP contribution in [0, 0.1) is 11.2 Å². The van der Waals surface area contributed by atoms with Crippen LogP contribution in [0.1, 0.15) is 44.0 Å². The van der Waals surface area contributed by atoms with Gasteiger partial charge >= 0.3 is 0 Å². The molecule has 32 heavy (non-hydrogen) atoms. The molecule has 0 saturated carbocycles. The van der Waals surface area contributed by atoms with Crippen LogP contribution in [0.15, 0.2) is 61.1 Å². The Labute approximate surface area is 186 Å². The molecule has 2 aromatic carbocycles. The fraction of sp³-hybridized carbons (Fsp3) is 0.320. The summed E-state index contributed by atoms with van der Waals surface area (Å²) in [4.78, 5) is 17.3. The second-order valence-corrected chi connectivity index (χ2v) is 9.28. The Bertz CT molecular complexity index is 1290. The van der Waals surface area contributed by atoms with Crippen molar-refractivity contribution in [1.82, 2.24) is 24.6 Å². The van der Waals surface area contributed by atoms with E-state index in [0.29, 0.717) is 18.7 Å². The summed E-state index contributed by atoms with van der Waals surface area (Å²) in [5.41, 5.74) is 4.67. The smallest absolute Gasteiger partial charge is 0.222 e. The molecule has 6 nitrogen and oxygen atoms in total. The lowest BCUT2D eigenvalue weighted by molar-refractivity contribution is -0.122. The number of fused-ring (bicyclic) bond motifs is 2. The van der Waals surface area contributed by atoms with Gasteiger partial charge in [-0.3, -0.25) is 4.79 Å². The van der Waals surface area contributed by atoms with Crippen LogP contribution in [0.25, 0.3) is 16.7 Å². The molecule has 0 bridgehead atoms. The highest BCUT2D eigenvalue weighted by molar-refractivity contribution is 5.78. The van der Waals surface area contributed by atoms with E-state index in [-0.39, 0.29) is 23.2 Å². The fourth-order valence-electron chi connectivity index (χ4n) is 4.68. The van der Waals surface area contributed by atoms with E-state index in [1.165, 1.54) is 12.1 Å². The number of nitrogens with one attached hydrogen (secondary N) is 1. The number of carbonyl (C=O) groups is 1. The summed E-state index contributed by atoms with van der Waals surface area (Å²) in [6, 6.07) is 14.2. The zero-order valence-corrected chi connectivity index (χ0v) is 18.3. The molecule has 0 fully saturated rings. The highest BCUT2D eigenvalue weighted by Gasteiger charge is 2.36. The van der Waals surface area contributed by atoms with Crippen molar-refractivity contribution < 1.29 is 9.18 Å². The fourth-order valence-corrected chi connectivity index (χ4v) is 4.68. The van der Waals surface area contributed by atoms with E-state index in [1.807, 2.05) is 41.1 Å². The van der Waals surface area contributed by atoms with Crippen LogP contribution in [0.2, 0.25) is 0 Å². The number of hydrogen-bond acceptors (Lipinski definition) is 3. The van der Waals surface area contributed by atoms with Crippen LogP contribution in [0.5, 0.6) is 0 Å². The van der Waals surface area contributed by atoms with Gasteiger partial charge in [-0.2, -0.15) is 5.10 Å². The van der Waals surface area contributed by atoms with Gasteiger partial charge in [0.25, 0.3) is 0 Å². The van der Waals surface area contributed by atoms with Gasteiger partial charge in [-0.25, -0.2) is 14.1 Å². The molecule has 164 valence electrons. The van der Waals surface area contributed by atoms with Gasteiger partial charge in [-0.05, 0) is 48.6 Å². The third kappa shape index (κ3) is 3.90. The highest BCUT2D eigenvalue weighted by Crippen LogP contribution is 2.41. The van der Waals surface area contributed by atoms with Crippen LogP contribution in [0.3, 0.4) is 0 Å². The second kappa shape index (κ2) is 7.89. The minimum Gasteiger partial charge on any atom is -0.349 e. The molecule has 7 heteroatoms. The van der Waals surface area contributed by atoms with Gasteiger partial charge in [-0.15, -0.1) is 0 Å². The monoisotopic (exact) mass is 431 g/mol. The number of nitrogens with zero attached hydrogens (tertiary/aromatic N) is 4. The van der Waals surface area contributed by atoms with E-state index in [1.54, 1.807) is 17.1 Å². The van der Waals surface area contributed by atoms with Gasteiger partial charge in [0.05, 0.1) is 41.0 Å². The zero-order chi connectivity index (χ0) is 22.3. The van der Waals surface area contributed by atoms with Crippen molar-refractivity contribution in [3.05, 3.63) is 78.1 Å².